The van der Waals surface area contributed by atoms with E-state index in [9.17, 15) is 9.90 Å². The lowest BCUT2D eigenvalue weighted by Gasteiger charge is -2.60. The summed E-state index contributed by atoms with van der Waals surface area (Å²) in [4.78, 5) is 12.2. The Labute approximate surface area is 114 Å². The van der Waals surface area contributed by atoms with Gasteiger partial charge in [-0.2, -0.15) is 0 Å². The molecule has 3 rings (SSSR count). The van der Waals surface area contributed by atoms with Crippen LogP contribution >= 0.6 is 0 Å². The highest BCUT2D eigenvalue weighted by Gasteiger charge is 2.87. The van der Waals surface area contributed by atoms with Crippen molar-refractivity contribution in [3.63, 3.8) is 0 Å². The van der Waals surface area contributed by atoms with Gasteiger partial charge in [-0.15, -0.1) is 0 Å². The molecule has 0 aromatic carbocycles. The van der Waals surface area contributed by atoms with Gasteiger partial charge in [0, 0.05) is 6.42 Å². The van der Waals surface area contributed by atoms with Crippen LogP contribution in [0.1, 0.15) is 27.2 Å². The summed E-state index contributed by atoms with van der Waals surface area (Å²) < 4.78 is 17.9. The van der Waals surface area contributed by atoms with Crippen molar-refractivity contribution in [2.24, 2.45) is 5.92 Å². The molecule has 108 valence electrons. The maximum absolute atomic E-state index is 12.2. The van der Waals surface area contributed by atoms with Gasteiger partial charge in [0.2, 0.25) is 5.79 Å². The molecule has 2 bridgehead atoms. The van der Waals surface area contributed by atoms with E-state index < -0.39 is 36.9 Å². The van der Waals surface area contributed by atoms with Crippen LogP contribution in [0.4, 0.5) is 0 Å². The summed E-state index contributed by atoms with van der Waals surface area (Å²) in [6.45, 7) is 11.3. The zero-order valence-corrected chi connectivity index (χ0v) is 13.4. The van der Waals surface area contributed by atoms with Gasteiger partial charge in [0.1, 0.15) is 5.60 Å². The molecule has 2 aliphatic heterocycles. The number of esters is 1. The number of carbonyl (C=O) groups excluding carboxylic acids is 1. The van der Waals surface area contributed by atoms with Gasteiger partial charge in [0.15, 0.2) is 19.5 Å². The quantitative estimate of drug-likeness (QED) is 0.614. The molecule has 1 saturated carbocycles. The summed E-state index contributed by atoms with van der Waals surface area (Å²) in [5.41, 5.74) is -3.39. The molecule has 2 saturated heterocycles. The van der Waals surface area contributed by atoms with Crippen molar-refractivity contribution in [2.75, 3.05) is 0 Å². The third-order valence-corrected chi connectivity index (χ3v) is 5.87. The van der Waals surface area contributed by atoms with Gasteiger partial charge in [-0.05, 0) is 40.4 Å². The second kappa shape index (κ2) is 3.08. The standard InChI is InChI=1S/C13H22O5Si/c1-10-7-8-11(2,15)12(3,9(14)16-10)17-13(8,10)18-19(4,5)6/h8,15H,7H2,1-6H3/t8?,10?,11-,12?,13?/m1/s1. The molecule has 0 radical (unpaired) electrons. The molecular weight excluding hydrogens is 264 g/mol. The first-order valence-electron chi connectivity index (χ1n) is 6.74. The van der Waals surface area contributed by atoms with Crippen molar-refractivity contribution < 1.29 is 23.8 Å². The third-order valence-electron chi connectivity index (χ3n) is 4.95. The Hall–Kier alpha value is -0.433. The lowest BCUT2D eigenvalue weighted by Crippen LogP contribution is -2.74. The van der Waals surface area contributed by atoms with E-state index in [2.05, 4.69) is 19.6 Å². The number of carbonyl (C=O) groups is 1. The lowest BCUT2D eigenvalue weighted by molar-refractivity contribution is -0.378. The topological polar surface area (TPSA) is 65.0 Å². The first-order chi connectivity index (χ1) is 8.38. The smallest absolute Gasteiger partial charge is 0.342 e. The van der Waals surface area contributed by atoms with Crippen LogP contribution in [0, 0.1) is 5.92 Å². The molecule has 5 nitrogen and oxygen atoms in total. The number of hydrogen-bond donors (Lipinski definition) is 1. The minimum atomic E-state index is -1.91. The number of aliphatic hydroxyl groups is 1. The Bertz CT molecular complexity index is 470. The summed E-state index contributed by atoms with van der Waals surface area (Å²) in [7, 11) is -1.91. The van der Waals surface area contributed by atoms with Crippen molar-refractivity contribution in [3.05, 3.63) is 0 Å². The van der Waals surface area contributed by atoms with Gasteiger partial charge in [-0.3, -0.25) is 0 Å². The van der Waals surface area contributed by atoms with Gasteiger partial charge in [0.25, 0.3) is 0 Å². The normalized spacial score (nSPS) is 55.7. The number of ether oxygens (including phenoxy) is 2. The molecule has 19 heavy (non-hydrogen) atoms. The highest BCUT2D eigenvalue weighted by Crippen LogP contribution is 2.69. The first kappa shape index (κ1) is 13.5. The molecule has 5 atom stereocenters. The Balaban J connectivity index is 2.11. The molecule has 6 heteroatoms. The summed E-state index contributed by atoms with van der Waals surface area (Å²) >= 11 is 0. The van der Waals surface area contributed by atoms with E-state index >= 15 is 0 Å². The second-order valence-electron chi connectivity index (χ2n) is 7.54. The van der Waals surface area contributed by atoms with Crippen LogP contribution in [0.2, 0.25) is 19.6 Å². The molecule has 1 aliphatic carbocycles. The molecule has 0 aromatic rings. The van der Waals surface area contributed by atoms with Crippen LogP contribution in [0.15, 0.2) is 0 Å². The molecular formula is C13H22O5Si. The monoisotopic (exact) mass is 286 g/mol. The first-order valence-corrected chi connectivity index (χ1v) is 10.1. The second-order valence-corrected chi connectivity index (χ2v) is 12.0. The molecule has 4 unspecified atom stereocenters. The third kappa shape index (κ3) is 1.28. The van der Waals surface area contributed by atoms with Gasteiger partial charge in [-0.1, -0.05) is 0 Å². The summed E-state index contributed by atoms with van der Waals surface area (Å²) in [5.74, 6) is -1.70. The van der Waals surface area contributed by atoms with E-state index in [1.54, 1.807) is 13.8 Å². The predicted octanol–water partition coefficient (Wildman–Crippen LogP) is 1.41. The molecule has 0 amide bonds. The van der Waals surface area contributed by atoms with Crippen molar-refractivity contribution in [3.8, 4) is 0 Å². The largest absolute Gasteiger partial charge is 0.451 e. The Morgan fingerprint density at radius 2 is 1.89 bits per heavy atom. The van der Waals surface area contributed by atoms with Crippen LogP contribution in [0.25, 0.3) is 0 Å². The molecule has 3 aliphatic rings. The van der Waals surface area contributed by atoms with E-state index in [1.807, 2.05) is 6.92 Å². The average molecular weight is 286 g/mol. The van der Waals surface area contributed by atoms with E-state index in [4.69, 9.17) is 13.9 Å². The van der Waals surface area contributed by atoms with Gasteiger partial charge < -0.3 is 19.0 Å². The minimum Gasteiger partial charge on any atom is -0.451 e. The molecule has 0 spiro atoms. The zero-order chi connectivity index (χ0) is 14.5. The van der Waals surface area contributed by atoms with Gasteiger partial charge >= 0.3 is 5.97 Å². The van der Waals surface area contributed by atoms with Crippen LogP contribution in [-0.2, 0) is 18.7 Å². The van der Waals surface area contributed by atoms with E-state index in [0.717, 1.165) is 0 Å². The molecule has 2 heterocycles. The van der Waals surface area contributed by atoms with Crippen molar-refractivity contribution in [1.82, 2.24) is 0 Å². The predicted molar refractivity (Wildman–Crippen MR) is 69.9 cm³/mol. The van der Waals surface area contributed by atoms with Crippen LogP contribution < -0.4 is 0 Å². The van der Waals surface area contributed by atoms with Crippen molar-refractivity contribution in [2.45, 2.75) is 69.4 Å². The number of rotatable bonds is 2. The highest BCUT2D eigenvalue weighted by molar-refractivity contribution is 6.69. The summed E-state index contributed by atoms with van der Waals surface area (Å²) in [5, 5.41) is 10.8. The Kier molecular flexibility index (Phi) is 2.20. The average Bonchev–Trinajstić information content (AvgIpc) is 2.27. The molecule has 0 aromatic heterocycles. The number of hydrogen-bond acceptors (Lipinski definition) is 5. The Morgan fingerprint density at radius 1 is 1.32 bits per heavy atom. The fraction of sp³-hybridized carbons (Fsp3) is 0.923. The maximum atomic E-state index is 12.2. The van der Waals surface area contributed by atoms with Crippen molar-refractivity contribution >= 4 is 14.3 Å². The van der Waals surface area contributed by atoms with E-state index in [1.165, 1.54) is 0 Å². The SMILES string of the molecule is CC12CC3C1(O[Si](C)(C)C)OC(C)(C(=O)O2)[C@]3(C)O. The minimum absolute atomic E-state index is 0.229. The summed E-state index contributed by atoms with van der Waals surface area (Å²) in [6.07, 6.45) is 0.575. The summed E-state index contributed by atoms with van der Waals surface area (Å²) in [6, 6.07) is 0. The fourth-order valence-corrected chi connectivity index (χ4v) is 5.02. The van der Waals surface area contributed by atoms with E-state index in [0.29, 0.717) is 6.42 Å². The number of fused-ring (bicyclic) bond motifs is 1. The van der Waals surface area contributed by atoms with Gasteiger partial charge in [0.05, 0.1) is 5.92 Å². The van der Waals surface area contributed by atoms with Crippen molar-refractivity contribution in [1.29, 1.82) is 0 Å². The van der Waals surface area contributed by atoms with E-state index in [-0.39, 0.29) is 5.92 Å². The highest BCUT2D eigenvalue weighted by atomic mass is 28.4. The van der Waals surface area contributed by atoms with Crippen LogP contribution in [0.3, 0.4) is 0 Å². The fourth-order valence-electron chi connectivity index (χ4n) is 3.71. The molecule has 3 fully saturated rings. The van der Waals surface area contributed by atoms with Crippen LogP contribution in [-0.4, -0.2) is 42.0 Å². The lowest BCUT2D eigenvalue weighted by atomic mass is 9.60. The maximum Gasteiger partial charge on any atom is 0.342 e. The van der Waals surface area contributed by atoms with Crippen LogP contribution in [0.5, 0.6) is 0 Å². The Morgan fingerprint density at radius 3 is 2.42 bits per heavy atom. The molecule has 1 N–H and O–H groups in total. The van der Waals surface area contributed by atoms with Gasteiger partial charge in [-0.25, -0.2) is 4.79 Å². The zero-order valence-electron chi connectivity index (χ0n) is 12.4.